The number of carbonyl (C=O) groups is 6. The molecule has 0 N–H and O–H groups in total. The fraction of sp³-hybridized carbons (Fsp3) is 0.857. The zero-order chi connectivity index (χ0) is 43.4. The second-order valence-corrected chi connectivity index (χ2v) is 17.6. The molecule has 15 nitrogen and oxygen atoms in total. The van der Waals surface area contributed by atoms with Crippen molar-refractivity contribution >= 4 is 35.8 Å². The van der Waals surface area contributed by atoms with Gasteiger partial charge in [0.1, 0.15) is 6.10 Å². The van der Waals surface area contributed by atoms with E-state index in [-0.39, 0.29) is 64.3 Å². The van der Waals surface area contributed by atoms with Crippen molar-refractivity contribution in [1.29, 1.82) is 0 Å². The number of hydrogen-bond donors (Lipinski definition) is 0. The third-order valence-corrected chi connectivity index (χ3v) is 11.0. The van der Waals surface area contributed by atoms with Crippen LogP contribution in [0.15, 0.2) is 0 Å². The highest BCUT2D eigenvalue weighted by Crippen LogP contribution is 2.54. The second-order valence-electron chi connectivity index (χ2n) is 17.6. The maximum Gasteiger partial charge on any atom is 0.347 e. The largest absolute Gasteiger partial charge is 0.463 e. The molecule has 2 aliphatic rings. The zero-order valence-electron chi connectivity index (χ0n) is 36.7. The van der Waals surface area contributed by atoms with Crippen molar-refractivity contribution in [2.45, 2.75) is 179 Å². The Balaban J connectivity index is 2.34. The van der Waals surface area contributed by atoms with E-state index in [1.54, 1.807) is 76.2 Å². The molecule has 0 amide bonds. The first-order valence-corrected chi connectivity index (χ1v) is 20.5. The molecule has 2 fully saturated rings. The number of carbonyl (C=O) groups excluding carboxylic acids is 6. The van der Waals surface area contributed by atoms with E-state index in [0.717, 1.165) is 6.42 Å². The number of esters is 6. The molecule has 8 unspecified atom stereocenters. The summed E-state index contributed by atoms with van der Waals surface area (Å²) in [5.41, 5.74) is -6.10. The van der Waals surface area contributed by atoms with E-state index < -0.39 is 88.0 Å². The first-order chi connectivity index (χ1) is 26.4. The maximum atomic E-state index is 14.5. The maximum absolute atomic E-state index is 14.5. The first kappa shape index (κ1) is 49.8. The predicted octanol–water partition coefficient (Wildman–Crippen LogP) is 6.74. The first-order valence-electron chi connectivity index (χ1n) is 20.5. The molecule has 0 radical (unpaired) electrons. The van der Waals surface area contributed by atoms with Crippen LogP contribution in [0.25, 0.3) is 0 Å². The summed E-state index contributed by atoms with van der Waals surface area (Å²) in [6, 6.07) is 0. The van der Waals surface area contributed by atoms with E-state index in [4.69, 9.17) is 42.6 Å². The molecule has 0 bridgehead atoms. The van der Waals surface area contributed by atoms with Crippen LogP contribution >= 0.6 is 0 Å². The van der Waals surface area contributed by atoms with E-state index >= 15 is 0 Å². The third kappa shape index (κ3) is 14.2. The van der Waals surface area contributed by atoms with Gasteiger partial charge in [0, 0.05) is 12.8 Å². The van der Waals surface area contributed by atoms with Crippen molar-refractivity contribution in [3.63, 3.8) is 0 Å². The van der Waals surface area contributed by atoms with Gasteiger partial charge in [0.25, 0.3) is 0 Å². The van der Waals surface area contributed by atoms with Gasteiger partial charge in [-0.25, -0.2) is 4.79 Å². The van der Waals surface area contributed by atoms with Crippen LogP contribution in [-0.4, -0.2) is 93.3 Å². The van der Waals surface area contributed by atoms with Crippen LogP contribution in [0.2, 0.25) is 0 Å². The van der Waals surface area contributed by atoms with Crippen LogP contribution in [0.5, 0.6) is 0 Å². The molecule has 0 aromatic rings. The van der Waals surface area contributed by atoms with Gasteiger partial charge in [0.05, 0.1) is 53.5 Å². The Labute approximate surface area is 339 Å². The van der Waals surface area contributed by atoms with Crippen molar-refractivity contribution in [2.75, 3.05) is 26.4 Å². The van der Waals surface area contributed by atoms with Gasteiger partial charge in [0.2, 0.25) is 6.10 Å². The second kappa shape index (κ2) is 21.1. The van der Waals surface area contributed by atoms with Crippen molar-refractivity contribution in [1.82, 2.24) is 0 Å². The third-order valence-electron chi connectivity index (χ3n) is 11.0. The summed E-state index contributed by atoms with van der Waals surface area (Å²) in [6.07, 6.45) is -2.15. The average Bonchev–Trinajstić information content (AvgIpc) is 3.64. The molecular formula is C42H70O15. The molecule has 2 rings (SSSR count). The van der Waals surface area contributed by atoms with Crippen molar-refractivity contribution in [2.24, 2.45) is 27.1 Å². The van der Waals surface area contributed by atoms with Crippen LogP contribution in [0.3, 0.4) is 0 Å². The van der Waals surface area contributed by atoms with Crippen molar-refractivity contribution in [3.05, 3.63) is 0 Å². The topological polar surface area (TPSA) is 185 Å². The Morgan fingerprint density at radius 1 is 0.719 bits per heavy atom. The molecule has 57 heavy (non-hydrogen) atoms. The van der Waals surface area contributed by atoms with Crippen molar-refractivity contribution < 1.29 is 71.4 Å². The van der Waals surface area contributed by atoms with Crippen LogP contribution in [-0.2, 0) is 71.4 Å². The van der Waals surface area contributed by atoms with Crippen molar-refractivity contribution in [3.8, 4) is 0 Å². The molecule has 2 heterocycles. The monoisotopic (exact) mass is 814 g/mol. The van der Waals surface area contributed by atoms with Crippen LogP contribution in [0.1, 0.15) is 148 Å². The summed E-state index contributed by atoms with van der Waals surface area (Å²) in [7, 11) is 0. The molecular weight excluding hydrogens is 744 g/mol. The van der Waals surface area contributed by atoms with E-state index in [0.29, 0.717) is 19.4 Å². The van der Waals surface area contributed by atoms with Crippen LogP contribution < -0.4 is 0 Å². The van der Waals surface area contributed by atoms with Gasteiger partial charge in [-0.05, 0) is 114 Å². The number of ether oxygens (including phenoxy) is 9. The fourth-order valence-electron chi connectivity index (χ4n) is 7.27. The van der Waals surface area contributed by atoms with Gasteiger partial charge < -0.3 is 42.6 Å². The van der Waals surface area contributed by atoms with E-state index in [2.05, 4.69) is 0 Å². The molecule has 15 heteroatoms. The number of hydrogen-bond acceptors (Lipinski definition) is 15. The minimum absolute atomic E-state index is 0.0858. The smallest absolute Gasteiger partial charge is 0.347 e. The minimum atomic E-state index is -1.53. The van der Waals surface area contributed by atoms with Crippen LogP contribution in [0, 0.1) is 27.1 Å². The Bertz CT molecular complexity index is 1390. The SMILES string of the molecule is CCCOC(C)OC(=O)C(C)(CC)CC(C)(CC1(CC(C)(C)C(=O)OC2CCOC2=O)CC(C)OC1=O)C(=O)OC(C)OCCCOC(C)OC(=O)C(C)(C)CC. The fourth-order valence-corrected chi connectivity index (χ4v) is 7.27. The van der Waals surface area contributed by atoms with Gasteiger partial charge in [-0.2, -0.15) is 0 Å². The minimum Gasteiger partial charge on any atom is -0.463 e. The summed E-state index contributed by atoms with van der Waals surface area (Å²) in [5.74, 6) is -3.60. The van der Waals surface area contributed by atoms with Gasteiger partial charge in [-0.15, -0.1) is 0 Å². The average molecular weight is 815 g/mol. The number of cyclic esters (lactones) is 2. The lowest BCUT2D eigenvalue weighted by atomic mass is 9.60. The highest BCUT2D eigenvalue weighted by molar-refractivity contribution is 5.86. The zero-order valence-corrected chi connectivity index (χ0v) is 36.7. The predicted molar refractivity (Wildman–Crippen MR) is 206 cm³/mol. The normalized spacial score (nSPS) is 23.6. The van der Waals surface area contributed by atoms with Gasteiger partial charge in [-0.1, -0.05) is 20.8 Å². The molecule has 0 spiro atoms. The van der Waals surface area contributed by atoms with Gasteiger partial charge >= 0.3 is 35.8 Å². The molecule has 2 saturated heterocycles. The summed E-state index contributed by atoms with van der Waals surface area (Å²) in [5, 5.41) is 0. The highest BCUT2D eigenvalue weighted by Gasteiger charge is 2.59. The molecule has 2 aliphatic heterocycles. The van der Waals surface area contributed by atoms with Gasteiger partial charge in [-0.3, -0.25) is 24.0 Å². The molecule has 0 aromatic carbocycles. The number of rotatable bonds is 25. The lowest BCUT2D eigenvalue weighted by Gasteiger charge is -2.42. The quantitative estimate of drug-likeness (QED) is 0.0408. The summed E-state index contributed by atoms with van der Waals surface area (Å²) in [4.78, 5) is 80.3. The summed E-state index contributed by atoms with van der Waals surface area (Å²) in [6.45, 7) is 23.2. The standard InChI is InChI=1S/C42H70O15/c1-14-19-49-28(5)55-35(46)40(12,16-3)25-41(13,36(47)56-30(7)51-21-17-20-50-29(6)54-33(44)38(8,9)15-2)26-42(23-27(4)53-37(42)48)24-39(10,11)34(45)57-31-18-22-52-32(31)43/h27-31H,14-26H2,1-13H3. The van der Waals surface area contributed by atoms with E-state index in [1.165, 1.54) is 0 Å². The molecule has 328 valence electrons. The van der Waals surface area contributed by atoms with E-state index in [1.807, 2.05) is 13.8 Å². The Morgan fingerprint density at radius 2 is 1.25 bits per heavy atom. The molecule has 0 aliphatic carbocycles. The van der Waals surface area contributed by atoms with Crippen LogP contribution in [0.4, 0.5) is 0 Å². The Kier molecular flexibility index (Phi) is 18.5. The molecule has 8 atom stereocenters. The molecule has 0 aromatic heterocycles. The van der Waals surface area contributed by atoms with E-state index in [9.17, 15) is 28.8 Å². The lowest BCUT2D eigenvalue weighted by molar-refractivity contribution is -0.197. The Hall–Kier alpha value is -3.30. The summed E-state index contributed by atoms with van der Waals surface area (Å²) < 4.78 is 50.3. The summed E-state index contributed by atoms with van der Waals surface area (Å²) >= 11 is 0. The molecule has 0 saturated carbocycles. The van der Waals surface area contributed by atoms with Gasteiger partial charge in [0.15, 0.2) is 18.9 Å². The lowest BCUT2D eigenvalue weighted by Crippen LogP contribution is -2.47. The Morgan fingerprint density at radius 3 is 1.70 bits per heavy atom. The highest BCUT2D eigenvalue weighted by atomic mass is 16.7.